The van der Waals surface area contributed by atoms with Crippen LogP contribution in [-0.2, 0) is 22.7 Å². The zero-order valence-electron chi connectivity index (χ0n) is 10.1. The topological polar surface area (TPSA) is 81.4 Å². The Hall–Kier alpha value is -1.73. The van der Waals surface area contributed by atoms with Crippen LogP contribution < -0.4 is 5.56 Å². The maximum atomic E-state index is 12.2. The maximum absolute atomic E-state index is 12.2. The van der Waals surface area contributed by atoms with Crippen LogP contribution in [0.5, 0.6) is 0 Å². The minimum atomic E-state index is -0.574. The second-order valence-electron chi connectivity index (χ2n) is 3.83. The summed E-state index contributed by atoms with van der Waals surface area (Å²) in [4.78, 5) is 23.4. The Labute approximate surface area is 116 Å². The Morgan fingerprint density at radius 3 is 2.84 bits per heavy atom. The Kier molecular flexibility index (Phi) is 3.96. The predicted octanol–water partition coefficient (Wildman–Crippen LogP) is 0.824. The van der Waals surface area contributed by atoms with E-state index in [0.29, 0.717) is 16.5 Å². The molecule has 0 fully saturated rings. The molecule has 1 aromatic carbocycles. The van der Waals surface area contributed by atoms with E-state index >= 15 is 0 Å². The Morgan fingerprint density at radius 2 is 2.21 bits per heavy atom. The van der Waals surface area contributed by atoms with Crippen LogP contribution in [-0.4, -0.2) is 28.0 Å². The van der Waals surface area contributed by atoms with Crippen molar-refractivity contribution in [2.75, 3.05) is 7.11 Å². The van der Waals surface area contributed by atoms with Crippen molar-refractivity contribution in [3.63, 3.8) is 0 Å². The van der Waals surface area contributed by atoms with E-state index in [1.54, 1.807) is 18.2 Å². The van der Waals surface area contributed by atoms with Gasteiger partial charge in [0, 0.05) is 9.86 Å². The van der Waals surface area contributed by atoms with Crippen molar-refractivity contribution in [3.05, 3.63) is 38.7 Å². The van der Waals surface area contributed by atoms with E-state index in [-0.39, 0.29) is 13.2 Å². The summed E-state index contributed by atoms with van der Waals surface area (Å²) in [5, 5.41) is 14.3. The molecular formula is C12H11BrN2O4. The molecule has 0 aliphatic heterocycles. The molecule has 0 amide bonds. The molecule has 1 N–H and O–H groups in total. The summed E-state index contributed by atoms with van der Waals surface area (Å²) in [6, 6.07) is 5.04. The number of aliphatic hydroxyl groups is 1. The molecule has 0 radical (unpaired) electrons. The molecule has 0 aliphatic carbocycles. The molecule has 2 aromatic rings. The molecule has 1 aromatic heterocycles. The van der Waals surface area contributed by atoms with Crippen LogP contribution in [0, 0.1) is 0 Å². The molecule has 1 heterocycles. The van der Waals surface area contributed by atoms with Gasteiger partial charge < -0.3 is 9.84 Å². The first-order chi connectivity index (χ1) is 9.06. The van der Waals surface area contributed by atoms with Crippen LogP contribution in [0.15, 0.2) is 27.5 Å². The van der Waals surface area contributed by atoms with Crippen LogP contribution in [0.3, 0.4) is 0 Å². The van der Waals surface area contributed by atoms with Crippen molar-refractivity contribution in [1.29, 1.82) is 0 Å². The van der Waals surface area contributed by atoms with Gasteiger partial charge in [-0.25, -0.2) is 4.68 Å². The lowest BCUT2D eigenvalue weighted by Gasteiger charge is -2.09. The number of fused-ring (bicyclic) bond motifs is 1. The van der Waals surface area contributed by atoms with E-state index in [2.05, 4.69) is 25.8 Å². The third kappa shape index (κ3) is 2.66. The SMILES string of the molecule is COC(=O)Cn1nc(CO)c2cc(Br)ccc2c1=O. The van der Waals surface area contributed by atoms with Crippen molar-refractivity contribution in [3.8, 4) is 0 Å². The Morgan fingerprint density at radius 1 is 1.47 bits per heavy atom. The summed E-state index contributed by atoms with van der Waals surface area (Å²) in [7, 11) is 1.23. The van der Waals surface area contributed by atoms with E-state index in [4.69, 9.17) is 0 Å². The van der Waals surface area contributed by atoms with E-state index in [9.17, 15) is 14.7 Å². The normalized spacial score (nSPS) is 10.7. The van der Waals surface area contributed by atoms with Crippen LogP contribution in [0.4, 0.5) is 0 Å². The number of nitrogens with zero attached hydrogens (tertiary/aromatic N) is 2. The molecule has 0 unspecified atom stereocenters. The van der Waals surface area contributed by atoms with Gasteiger partial charge in [-0.15, -0.1) is 0 Å². The first-order valence-corrected chi connectivity index (χ1v) is 6.23. The second-order valence-corrected chi connectivity index (χ2v) is 4.75. The third-order valence-corrected chi connectivity index (χ3v) is 3.15. The molecule has 0 bridgehead atoms. The zero-order valence-corrected chi connectivity index (χ0v) is 11.7. The predicted molar refractivity (Wildman–Crippen MR) is 71.6 cm³/mol. The number of aromatic nitrogens is 2. The number of benzene rings is 1. The highest BCUT2D eigenvalue weighted by molar-refractivity contribution is 9.10. The lowest BCUT2D eigenvalue weighted by Crippen LogP contribution is -2.28. The average molecular weight is 327 g/mol. The number of aliphatic hydroxyl groups excluding tert-OH is 1. The number of esters is 1. The van der Waals surface area contributed by atoms with Gasteiger partial charge in [-0.1, -0.05) is 15.9 Å². The Bertz CT molecular complexity index is 696. The van der Waals surface area contributed by atoms with Crippen LogP contribution in [0.25, 0.3) is 10.8 Å². The van der Waals surface area contributed by atoms with Crippen LogP contribution in [0.2, 0.25) is 0 Å². The molecule has 0 saturated carbocycles. The Balaban J connectivity index is 2.68. The molecular weight excluding hydrogens is 316 g/mol. The van der Waals surface area contributed by atoms with Crippen molar-refractivity contribution in [2.45, 2.75) is 13.2 Å². The van der Waals surface area contributed by atoms with Crippen molar-refractivity contribution >= 4 is 32.7 Å². The van der Waals surface area contributed by atoms with Gasteiger partial charge in [-0.3, -0.25) is 9.59 Å². The van der Waals surface area contributed by atoms with Gasteiger partial charge in [-0.05, 0) is 18.2 Å². The van der Waals surface area contributed by atoms with Crippen LogP contribution in [0.1, 0.15) is 5.69 Å². The number of ether oxygens (including phenoxy) is 1. The molecule has 6 nitrogen and oxygen atoms in total. The lowest BCUT2D eigenvalue weighted by atomic mass is 10.1. The van der Waals surface area contributed by atoms with E-state index in [1.807, 2.05) is 0 Å². The summed E-state index contributed by atoms with van der Waals surface area (Å²) in [6.45, 7) is -0.608. The molecule has 7 heteroatoms. The van der Waals surface area contributed by atoms with E-state index in [1.165, 1.54) is 7.11 Å². The van der Waals surface area contributed by atoms with Gasteiger partial charge in [0.1, 0.15) is 6.54 Å². The number of carbonyl (C=O) groups excluding carboxylic acids is 1. The van der Waals surface area contributed by atoms with Crippen molar-refractivity contribution < 1.29 is 14.6 Å². The fourth-order valence-corrected chi connectivity index (χ4v) is 2.10. The molecule has 0 atom stereocenters. The van der Waals surface area contributed by atoms with Crippen molar-refractivity contribution in [1.82, 2.24) is 9.78 Å². The summed E-state index contributed by atoms with van der Waals surface area (Å²) < 4.78 is 6.28. The number of rotatable bonds is 3. The van der Waals surface area contributed by atoms with Crippen molar-refractivity contribution in [2.24, 2.45) is 0 Å². The minimum Gasteiger partial charge on any atom is -0.468 e. The minimum absolute atomic E-state index is 0.283. The highest BCUT2D eigenvalue weighted by Gasteiger charge is 2.12. The quantitative estimate of drug-likeness (QED) is 0.845. The fourth-order valence-electron chi connectivity index (χ4n) is 1.74. The molecule has 2 rings (SSSR count). The van der Waals surface area contributed by atoms with Gasteiger partial charge in [0.25, 0.3) is 5.56 Å². The molecule has 0 saturated heterocycles. The molecule has 0 aliphatic rings. The fraction of sp³-hybridized carbons (Fsp3) is 0.250. The van der Waals surface area contributed by atoms with Crippen LogP contribution >= 0.6 is 15.9 Å². The summed E-state index contributed by atoms with van der Waals surface area (Å²) >= 11 is 3.30. The van der Waals surface area contributed by atoms with E-state index in [0.717, 1.165) is 9.15 Å². The van der Waals surface area contributed by atoms with Gasteiger partial charge in [0.2, 0.25) is 0 Å². The van der Waals surface area contributed by atoms with Gasteiger partial charge in [0.05, 0.1) is 24.8 Å². The first-order valence-electron chi connectivity index (χ1n) is 5.43. The molecule has 19 heavy (non-hydrogen) atoms. The number of halogens is 1. The zero-order chi connectivity index (χ0) is 14.0. The molecule has 0 spiro atoms. The monoisotopic (exact) mass is 326 g/mol. The number of hydrogen-bond donors (Lipinski definition) is 1. The summed E-state index contributed by atoms with van der Waals surface area (Å²) in [6.07, 6.45) is 0. The highest BCUT2D eigenvalue weighted by atomic mass is 79.9. The average Bonchev–Trinajstić information content (AvgIpc) is 2.41. The highest BCUT2D eigenvalue weighted by Crippen LogP contribution is 2.19. The lowest BCUT2D eigenvalue weighted by molar-refractivity contribution is -0.141. The smallest absolute Gasteiger partial charge is 0.327 e. The number of hydrogen-bond acceptors (Lipinski definition) is 5. The maximum Gasteiger partial charge on any atom is 0.327 e. The second kappa shape index (κ2) is 5.50. The van der Waals surface area contributed by atoms with Gasteiger partial charge in [0.15, 0.2) is 0 Å². The standard InChI is InChI=1S/C12H11BrN2O4/c1-19-11(17)5-15-12(18)8-3-2-7(13)4-9(8)10(6-16)14-15/h2-4,16H,5-6H2,1H3. The number of carbonyl (C=O) groups is 1. The molecule has 100 valence electrons. The number of methoxy groups -OCH3 is 1. The van der Waals surface area contributed by atoms with Gasteiger partial charge in [-0.2, -0.15) is 5.10 Å². The first kappa shape index (κ1) is 13.7. The summed E-state index contributed by atoms with van der Waals surface area (Å²) in [5.74, 6) is -0.574. The third-order valence-electron chi connectivity index (χ3n) is 2.66. The summed E-state index contributed by atoms with van der Waals surface area (Å²) in [5.41, 5.74) is -0.0649. The largest absolute Gasteiger partial charge is 0.468 e. The van der Waals surface area contributed by atoms with E-state index < -0.39 is 11.5 Å². The van der Waals surface area contributed by atoms with Gasteiger partial charge >= 0.3 is 5.97 Å².